The third kappa shape index (κ3) is 4.63. The number of aromatic nitrogens is 5. The quantitative estimate of drug-likeness (QED) is 0.552. The number of aliphatic hydroxyl groups is 1. The minimum absolute atomic E-state index is 0.175. The zero-order valence-corrected chi connectivity index (χ0v) is 17.9. The van der Waals surface area contributed by atoms with Crippen molar-refractivity contribution in [1.82, 2.24) is 24.5 Å². The highest BCUT2D eigenvalue weighted by atomic mass is 16.3. The number of hydrogen-bond acceptors (Lipinski definition) is 7. The maximum atomic E-state index is 9.82. The minimum Gasteiger partial charge on any atom is -0.393 e. The minimum atomic E-state index is -0.175. The number of hydrogen-bond donors (Lipinski definition) is 3. The third-order valence-electron chi connectivity index (χ3n) is 6.60. The molecule has 0 unspecified atom stereocenters. The van der Waals surface area contributed by atoms with E-state index in [-0.39, 0.29) is 12.1 Å². The molecule has 31 heavy (non-hydrogen) atoms. The first-order valence-corrected chi connectivity index (χ1v) is 11.6. The Morgan fingerprint density at radius 3 is 2.65 bits per heavy atom. The van der Waals surface area contributed by atoms with Crippen LogP contribution in [0.15, 0.2) is 30.9 Å². The molecule has 8 heteroatoms. The molecular formula is C23H31N7O. The van der Waals surface area contributed by atoms with Crippen LogP contribution in [-0.2, 0) is 6.54 Å². The van der Waals surface area contributed by atoms with E-state index in [1.165, 1.54) is 32.1 Å². The van der Waals surface area contributed by atoms with Crippen molar-refractivity contribution in [2.24, 2.45) is 0 Å². The molecule has 0 radical (unpaired) electrons. The van der Waals surface area contributed by atoms with E-state index in [0.717, 1.165) is 48.2 Å². The van der Waals surface area contributed by atoms with Gasteiger partial charge in [0, 0.05) is 31.0 Å². The lowest BCUT2D eigenvalue weighted by Gasteiger charge is -2.26. The summed E-state index contributed by atoms with van der Waals surface area (Å²) in [7, 11) is 0. The lowest BCUT2D eigenvalue weighted by atomic mass is 9.93. The Bertz CT molecular complexity index is 992. The second kappa shape index (κ2) is 9.18. The molecular weight excluding hydrogens is 390 g/mol. The van der Waals surface area contributed by atoms with E-state index in [1.807, 2.05) is 24.7 Å². The van der Waals surface area contributed by atoms with Crippen molar-refractivity contribution in [2.45, 2.75) is 82.5 Å². The van der Waals surface area contributed by atoms with Crippen molar-refractivity contribution in [3.8, 4) is 0 Å². The first kappa shape index (κ1) is 20.2. The van der Waals surface area contributed by atoms with E-state index in [9.17, 15) is 5.11 Å². The summed E-state index contributed by atoms with van der Waals surface area (Å²) in [6.45, 7) is 0.630. The van der Waals surface area contributed by atoms with Crippen molar-refractivity contribution in [1.29, 1.82) is 0 Å². The fourth-order valence-corrected chi connectivity index (χ4v) is 4.82. The molecule has 0 saturated heterocycles. The molecule has 2 aliphatic carbocycles. The molecule has 3 N–H and O–H groups in total. The lowest BCUT2D eigenvalue weighted by molar-refractivity contribution is 0.126. The SMILES string of the molecule is OC1CCC(Nc2nc(NCc3cccnc3)c3ncn(C4CCCCC4)c3n2)CC1. The first-order valence-electron chi connectivity index (χ1n) is 11.6. The van der Waals surface area contributed by atoms with Crippen LogP contribution in [0.2, 0.25) is 0 Å². The lowest BCUT2D eigenvalue weighted by Crippen LogP contribution is -2.29. The Balaban J connectivity index is 1.45. The van der Waals surface area contributed by atoms with Gasteiger partial charge in [0.25, 0.3) is 0 Å². The Morgan fingerprint density at radius 2 is 1.87 bits per heavy atom. The normalized spacial score (nSPS) is 22.5. The molecule has 0 spiro atoms. The second-order valence-electron chi connectivity index (χ2n) is 8.88. The molecule has 3 heterocycles. The number of fused-ring (bicyclic) bond motifs is 1. The molecule has 0 aliphatic heterocycles. The molecule has 164 valence electrons. The van der Waals surface area contributed by atoms with Crippen molar-refractivity contribution >= 4 is 22.9 Å². The number of nitrogens with one attached hydrogen (secondary N) is 2. The Hall–Kier alpha value is -2.74. The Labute approximate surface area is 182 Å². The molecule has 0 bridgehead atoms. The van der Waals surface area contributed by atoms with Gasteiger partial charge in [-0.3, -0.25) is 4.98 Å². The van der Waals surface area contributed by atoms with E-state index in [1.54, 1.807) is 6.20 Å². The molecule has 5 rings (SSSR count). The van der Waals surface area contributed by atoms with Gasteiger partial charge in [-0.15, -0.1) is 0 Å². The Morgan fingerprint density at radius 1 is 1.03 bits per heavy atom. The van der Waals surface area contributed by atoms with Gasteiger partial charge >= 0.3 is 0 Å². The molecule has 3 aromatic rings. The number of aliphatic hydroxyl groups excluding tert-OH is 1. The van der Waals surface area contributed by atoms with E-state index < -0.39 is 0 Å². The number of pyridine rings is 1. The molecule has 8 nitrogen and oxygen atoms in total. The van der Waals surface area contributed by atoms with Gasteiger partial charge in [-0.2, -0.15) is 9.97 Å². The van der Waals surface area contributed by atoms with E-state index in [2.05, 4.69) is 20.2 Å². The van der Waals surface area contributed by atoms with Crippen LogP contribution in [0.4, 0.5) is 11.8 Å². The van der Waals surface area contributed by atoms with E-state index in [4.69, 9.17) is 15.0 Å². The summed E-state index contributed by atoms with van der Waals surface area (Å²) < 4.78 is 2.25. The van der Waals surface area contributed by atoms with Gasteiger partial charge in [0.1, 0.15) is 0 Å². The Kier molecular flexibility index (Phi) is 5.97. The average molecular weight is 422 g/mol. The van der Waals surface area contributed by atoms with Crippen LogP contribution in [0.5, 0.6) is 0 Å². The van der Waals surface area contributed by atoms with Gasteiger partial charge < -0.3 is 20.3 Å². The predicted molar refractivity (Wildman–Crippen MR) is 121 cm³/mol. The van der Waals surface area contributed by atoms with Crippen LogP contribution >= 0.6 is 0 Å². The van der Waals surface area contributed by atoms with Gasteiger partial charge in [-0.05, 0) is 50.2 Å². The molecule has 0 atom stereocenters. The van der Waals surface area contributed by atoms with Crippen LogP contribution in [0, 0.1) is 0 Å². The summed E-state index contributed by atoms with van der Waals surface area (Å²) in [4.78, 5) is 18.6. The fourth-order valence-electron chi connectivity index (χ4n) is 4.82. The average Bonchev–Trinajstić information content (AvgIpc) is 3.24. The molecule has 0 aromatic carbocycles. The highest BCUT2D eigenvalue weighted by molar-refractivity contribution is 5.84. The van der Waals surface area contributed by atoms with Crippen LogP contribution in [0.25, 0.3) is 11.2 Å². The van der Waals surface area contributed by atoms with Crippen LogP contribution in [-0.4, -0.2) is 41.8 Å². The number of imidazole rings is 1. The third-order valence-corrected chi connectivity index (χ3v) is 6.60. The smallest absolute Gasteiger partial charge is 0.227 e. The summed E-state index contributed by atoms with van der Waals surface area (Å²) in [5.74, 6) is 1.39. The summed E-state index contributed by atoms with van der Waals surface area (Å²) in [5.41, 5.74) is 2.81. The van der Waals surface area contributed by atoms with Gasteiger partial charge in [0.2, 0.25) is 5.95 Å². The highest BCUT2D eigenvalue weighted by Crippen LogP contribution is 2.32. The maximum absolute atomic E-state index is 9.82. The topological polar surface area (TPSA) is 101 Å². The molecule has 2 aliphatic rings. The van der Waals surface area contributed by atoms with Gasteiger partial charge in [-0.1, -0.05) is 25.3 Å². The second-order valence-corrected chi connectivity index (χ2v) is 8.88. The van der Waals surface area contributed by atoms with E-state index >= 15 is 0 Å². The zero-order chi connectivity index (χ0) is 21.0. The molecule has 2 saturated carbocycles. The number of anilines is 2. The predicted octanol–water partition coefficient (Wildman–Crippen LogP) is 4.05. The summed E-state index contributed by atoms with van der Waals surface area (Å²) in [6.07, 6.45) is 15.1. The molecule has 0 amide bonds. The van der Waals surface area contributed by atoms with Crippen molar-refractivity contribution in [2.75, 3.05) is 10.6 Å². The fraction of sp³-hybridized carbons (Fsp3) is 0.565. The van der Waals surface area contributed by atoms with Crippen molar-refractivity contribution < 1.29 is 5.11 Å². The van der Waals surface area contributed by atoms with Gasteiger partial charge in [0.05, 0.1) is 12.4 Å². The molecule has 3 aromatic heterocycles. The van der Waals surface area contributed by atoms with Crippen molar-refractivity contribution in [3.05, 3.63) is 36.4 Å². The van der Waals surface area contributed by atoms with E-state index in [0.29, 0.717) is 18.5 Å². The van der Waals surface area contributed by atoms with Gasteiger partial charge in [0.15, 0.2) is 17.0 Å². The number of rotatable bonds is 6. The molecule has 2 fully saturated rings. The summed E-state index contributed by atoms with van der Waals surface area (Å²) >= 11 is 0. The standard InChI is InChI=1S/C23H31N7O/c31-19-10-8-17(9-11-19)27-23-28-21(25-14-16-5-4-12-24-13-16)20-22(29-23)30(15-26-20)18-6-2-1-3-7-18/h4-5,12-13,15,17-19,31H,1-3,6-11,14H2,(H2,25,27,28,29). The monoisotopic (exact) mass is 421 g/mol. The maximum Gasteiger partial charge on any atom is 0.227 e. The summed E-state index contributed by atoms with van der Waals surface area (Å²) in [5, 5.41) is 16.8. The highest BCUT2D eigenvalue weighted by Gasteiger charge is 2.23. The zero-order valence-electron chi connectivity index (χ0n) is 17.9. The van der Waals surface area contributed by atoms with Crippen LogP contribution in [0.3, 0.4) is 0 Å². The van der Waals surface area contributed by atoms with Gasteiger partial charge in [-0.25, -0.2) is 4.98 Å². The van der Waals surface area contributed by atoms with Crippen LogP contribution < -0.4 is 10.6 Å². The van der Waals surface area contributed by atoms with Crippen molar-refractivity contribution in [3.63, 3.8) is 0 Å². The van der Waals surface area contributed by atoms with Crippen LogP contribution in [0.1, 0.15) is 69.4 Å². The largest absolute Gasteiger partial charge is 0.393 e. The number of nitrogens with zero attached hydrogens (tertiary/aromatic N) is 5. The summed E-state index contributed by atoms with van der Waals surface area (Å²) in [6, 6.07) is 4.73. The first-order chi connectivity index (χ1) is 15.3.